The van der Waals surface area contributed by atoms with E-state index >= 15 is 0 Å². The Kier molecular flexibility index (Phi) is 8.46. The van der Waals surface area contributed by atoms with Crippen molar-refractivity contribution in [3.63, 3.8) is 0 Å². The molecule has 0 spiro atoms. The average Bonchev–Trinajstić information content (AvgIpc) is 3.02. The second-order valence-corrected chi connectivity index (χ2v) is 12.6. The molecule has 0 amide bonds. The molecule has 0 atom stereocenters. The Bertz CT molecular complexity index is 1630. The van der Waals surface area contributed by atoms with E-state index in [9.17, 15) is 9.90 Å². The van der Waals surface area contributed by atoms with Crippen molar-refractivity contribution in [3.8, 4) is 22.3 Å². The topological polar surface area (TPSA) is 59.9 Å². The van der Waals surface area contributed by atoms with Gasteiger partial charge in [0.15, 0.2) is 0 Å². The summed E-state index contributed by atoms with van der Waals surface area (Å²) in [5, 5.41) is 9.91. The zero-order valence-electron chi connectivity index (χ0n) is 25.6. The molecule has 1 aromatic heterocycles. The molecule has 2 aliphatic rings. The van der Waals surface area contributed by atoms with Gasteiger partial charge in [-0.15, -0.1) is 0 Å². The molecular formula is C36H40N4O2S. The lowest BCUT2D eigenvalue weighted by Gasteiger charge is -2.38. The Morgan fingerprint density at radius 1 is 0.907 bits per heavy atom. The first-order valence-corrected chi connectivity index (χ1v) is 16.3. The fourth-order valence-corrected chi connectivity index (χ4v) is 7.46. The number of hydrogen-bond acceptors (Lipinski definition) is 6. The fraction of sp³-hybridized carbons (Fsp3) is 0.333. The van der Waals surface area contributed by atoms with Gasteiger partial charge in [-0.25, -0.2) is 0 Å². The normalized spacial score (nSPS) is 14.9. The highest BCUT2D eigenvalue weighted by Gasteiger charge is 2.31. The maximum atomic E-state index is 12.1. The Balaban J connectivity index is 1.32. The molecule has 0 radical (unpaired) electrons. The van der Waals surface area contributed by atoms with Crippen LogP contribution in [-0.2, 0) is 24.2 Å². The molecule has 2 aliphatic heterocycles. The van der Waals surface area contributed by atoms with Gasteiger partial charge in [0.1, 0.15) is 0 Å². The minimum Gasteiger partial charge on any atom is -0.481 e. The van der Waals surface area contributed by atoms with Crippen LogP contribution >= 0.6 is 11.9 Å². The highest BCUT2D eigenvalue weighted by molar-refractivity contribution is 7.99. The van der Waals surface area contributed by atoms with Crippen LogP contribution in [0.15, 0.2) is 67.0 Å². The predicted molar refractivity (Wildman–Crippen MR) is 179 cm³/mol. The number of aliphatic carboxylic acids is 1. The lowest BCUT2D eigenvalue weighted by molar-refractivity contribution is -0.136. The van der Waals surface area contributed by atoms with Gasteiger partial charge in [-0.1, -0.05) is 47.8 Å². The van der Waals surface area contributed by atoms with Crippen LogP contribution in [0.3, 0.4) is 0 Å². The third kappa shape index (κ3) is 5.89. The number of nitrogens with zero attached hydrogens (tertiary/aromatic N) is 4. The number of carbonyl (C=O) groups is 1. The van der Waals surface area contributed by atoms with E-state index in [1.54, 1.807) is 11.9 Å². The third-order valence-electron chi connectivity index (χ3n) is 9.11. The zero-order chi connectivity index (χ0) is 30.1. The molecular weight excluding hydrogens is 552 g/mol. The van der Waals surface area contributed by atoms with E-state index in [0.717, 1.165) is 79.2 Å². The van der Waals surface area contributed by atoms with Crippen LogP contribution < -0.4 is 9.21 Å². The van der Waals surface area contributed by atoms with Gasteiger partial charge in [0.05, 0.1) is 18.7 Å². The molecule has 0 saturated carbocycles. The molecule has 1 N–H and O–H groups in total. The largest absolute Gasteiger partial charge is 0.481 e. The van der Waals surface area contributed by atoms with Crippen LogP contribution in [0.5, 0.6) is 0 Å². The van der Waals surface area contributed by atoms with Gasteiger partial charge >= 0.3 is 5.97 Å². The third-order valence-corrected chi connectivity index (χ3v) is 9.86. The van der Waals surface area contributed by atoms with E-state index in [2.05, 4.69) is 101 Å². The number of hydrogen-bond donors (Lipinski definition) is 1. The van der Waals surface area contributed by atoms with E-state index in [1.165, 1.54) is 33.5 Å². The van der Waals surface area contributed by atoms with Crippen LogP contribution in [0.1, 0.15) is 33.4 Å². The molecule has 1 saturated heterocycles. The monoisotopic (exact) mass is 592 g/mol. The van der Waals surface area contributed by atoms with Gasteiger partial charge in [0.25, 0.3) is 0 Å². The van der Waals surface area contributed by atoms with Crippen molar-refractivity contribution >= 4 is 29.3 Å². The average molecular weight is 593 g/mol. The Hall–Kier alpha value is -3.81. The quantitative estimate of drug-likeness (QED) is 0.223. The number of rotatable bonds is 8. The number of benzene rings is 3. The molecule has 4 aromatic rings. The van der Waals surface area contributed by atoms with Crippen LogP contribution in [0, 0.1) is 20.8 Å². The Morgan fingerprint density at radius 3 is 2.30 bits per heavy atom. The van der Waals surface area contributed by atoms with Crippen LogP contribution in [0.25, 0.3) is 22.3 Å². The maximum absolute atomic E-state index is 12.1. The highest BCUT2D eigenvalue weighted by atomic mass is 32.2. The molecule has 222 valence electrons. The molecule has 3 aromatic carbocycles. The number of anilines is 2. The van der Waals surface area contributed by atoms with Crippen LogP contribution in [-0.4, -0.2) is 59.9 Å². The van der Waals surface area contributed by atoms with Crippen molar-refractivity contribution in [1.82, 2.24) is 9.88 Å². The summed E-state index contributed by atoms with van der Waals surface area (Å²) in [5.41, 5.74) is 14.0. The molecule has 0 bridgehead atoms. The highest BCUT2D eigenvalue weighted by Crippen LogP contribution is 2.50. The predicted octanol–water partition coefficient (Wildman–Crippen LogP) is 6.93. The summed E-state index contributed by atoms with van der Waals surface area (Å²) in [6.45, 7) is 12.4. The maximum Gasteiger partial charge on any atom is 0.307 e. The zero-order valence-corrected chi connectivity index (χ0v) is 26.4. The SMILES string of the molecule is CSN1Cc2cc(N3CCN(CCc4ccncc4)CC3)ccc2-c2c(C)c(-c3ccc(C)cc3)c(CC(=O)O)c(C)c21. The Morgan fingerprint density at radius 2 is 1.63 bits per heavy atom. The van der Waals surface area contributed by atoms with Gasteiger partial charge in [-0.05, 0) is 96.0 Å². The number of fused-ring (bicyclic) bond motifs is 3. The van der Waals surface area contributed by atoms with Crippen LogP contribution in [0.2, 0.25) is 0 Å². The summed E-state index contributed by atoms with van der Waals surface area (Å²) in [6.07, 6.45) is 6.93. The van der Waals surface area contributed by atoms with Crippen molar-refractivity contribution in [2.75, 3.05) is 48.2 Å². The van der Waals surface area contributed by atoms with Gasteiger partial charge in [-0.2, -0.15) is 0 Å². The number of aromatic nitrogens is 1. The minimum atomic E-state index is -0.801. The first kappa shape index (κ1) is 29.3. The van der Waals surface area contributed by atoms with E-state index < -0.39 is 5.97 Å². The summed E-state index contributed by atoms with van der Waals surface area (Å²) in [6, 6.07) is 19.7. The first-order chi connectivity index (χ1) is 20.8. The molecule has 1 fully saturated rings. The Labute approximate surface area is 259 Å². The van der Waals surface area contributed by atoms with E-state index in [4.69, 9.17) is 0 Å². The van der Waals surface area contributed by atoms with Crippen molar-refractivity contribution in [2.45, 2.75) is 40.2 Å². The van der Waals surface area contributed by atoms with Gasteiger partial charge in [0.2, 0.25) is 0 Å². The number of pyridine rings is 1. The van der Waals surface area contributed by atoms with Gasteiger partial charge < -0.3 is 14.3 Å². The number of carboxylic acids is 1. The lowest BCUT2D eigenvalue weighted by atomic mass is 9.81. The smallest absolute Gasteiger partial charge is 0.307 e. The molecule has 43 heavy (non-hydrogen) atoms. The molecule has 6 nitrogen and oxygen atoms in total. The van der Waals surface area contributed by atoms with Crippen molar-refractivity contribution in [2.24, 2.45) is 0 Å². The lowest BCUT2D eigenvalue weighted by Crippen LogP contribution is -2.47. The van der Waals surface area contributed by atoms with E-state index in [0.29, 0.717) is 0 Å². The standard InChI is InChI=1S/C36H40N4O2S/c1-24-5-7-28(8-6-24)34-26(3)35-31-10-9-30(39-19-17-38(18-20-39)16-13-27-11-14-37-15-12-27)21-29(31)23-40(43-4)36(35)25(2)32(34)22-33(41)42/h5-12,14-15,21H,13,16-20,22-23H2,1-4H3,(H,41,42). The van der Waals surface area contributed by atoms with Crippen molar-refractivity contribution in [1.29, 1.82) is 0 Å². The number of piperazine rings is 1. The number of carboxylic acid groups (broad SMARTS) is 1. The summed E-state index contributed by atoms with van der Waals surface area (Å²) in [4.78, 5) is 21.3. The molecule has 0 aliphatic carbocycles. The summed E-state index contributed by atoms with van der Waals surface area (Å²) in [5.74, 6) is -0.801. The molecule has 0 unspecified atom stereocenters. The van der Waals surface area contributed by atoms with Crippen molar-refractivity contribution < 1.29 is 9.90 Å². The fourth-order valence-electron chi connectivity index (χ4n) is 6.78. The minimum absolute atomic E-state index is 0.00567. The number of aryl methyl sites for hydroxylation is 1. The summed E-state index contributed by atoms with van der Waals surface area (Å²) < 4.78 is 2.35. The van der Waals surface area contributed by atoms with Gasteiger partial charge in [-0.3, -0.25) is 14.7 Å². The second-order valence-electron chi connectivity index (χ2n) is 11.8. The van der Waals surface area contributed by atoms with Gasteiger partial charge in [0, 0.05) is 62.6 Å². The molecule has 7 heteroatoms. The second kappa shape index (κ2) is 12.4. The summed E-state index contributed by atoms with van der Waals surface area (Å²) >= 11 is 1.71. The van der Waals surface area contributed by atoms with Crippen molar-refractivity contribution in [3.05, 3.63) is 100 Å². The first-order valence-electron chi connectivity index (χ1n) is 15.1. The van der Waals surface area contributed by atoms with E-state index in [-0.39, 0.29) is 6.42 Å². The molecule has 3 heterocycles. The molecule has 6 rings (SSSR count). The van der Waals surface area contributed by atoms with E-state index in [1.807, 2.05) is 12.4 Å². The summed E-state index contributed by atoms with van der Waals surface area (Å²) in [7, 11) is 0. The van der Waals surface area contributed by atoms with Crippen LogP contribution in [0.4, 0.5) is 11.4 Å².